The molecule has 0 saturated heterocycles. The average Bonchev–Trinajstić information content (AvgIpc) is 2.95. The number of nitrogens with one attached hydrogen (secondary N) is 1. The first-order chi connectivity index (χ1) is 10.7. The fraction of sp³-hybridized carbons (Fsp3) is 0.118. The fourth-order valence-corrected chi connectivity index (χ4v) is 2.23. The van der Waals surface area contributed by atoms with Gasteiger partial charge in [0.1, 0.15) is 5.82 Å². The van der Waals surface area contributed by atoms with Gasteiger partial charge in [-0.2, -0.15) is 5.10 Å². The summed E-state index contributed by atoms with van der Waals surface area (Å²) in [5.74, 6) is 0.467. The predicted octanol–water partition coefficient (Wildman–Crippen LogP) is 2.89. The third-order valence-electron chi connectivity index (χ3n) is 3.30. The summed E-state index contributed by atoms with van der Waals surface area (Å²) in [4.78, 5) is 16.1. The second-order valence-corrected chi connectivity index (χ2v) is 5.06. The Bertz CT molecular complexity index is 780. The summed E-state index contributed by atoms with van der Waals surface area (Å²) in [6, 6.07) is 13.5. The van der Waals surface area contributed by atoms with Crippen LogP contribution in [0.15, 0.2) is 61.1 Å². The Kier molecular flexibility index (Phi) is 3.96. The molecule has 0 aliphatic heterocycles. The van der Waals surface area contributed by atoms with E-state index >= 15 is 0 Å². The van der Waals surface area contributed by atoms with Gasteiger partial charge in [0.05, 0.1) is 18.3 Å². The lowest BCUT2D eigenvalue weighted by Gasteiger charge is -2.09. The first-order valence-corrected chi connectivity index (χ1v) is 7.01. The molecular weight excluding hydrogens is 276 g/mol. The van der Waals surface area contributed by atoms with Gasteiger partial charge in [-0.15, -0.1) is 0 Å². The van der Waals surface area contributed by atoms with Crippen molar-refractivity contribution >= 4 is 11.7 Å². The normalized spacial score (nSPS) is 10.4. The van der Waals surface area contributed by atoms with Crippen LogP contribution in [-0.2, 0) is 6.54 Å². The van der Waals surface area contributed by atoms with Crippen LogP contribution in [0.1, 0.15) is 21.5 Å². The monoisotopic (exact) mass is 292 g/mol. The number of aromatic nitrogens is 3. The Morgan fingerprint density at radius 1 is 1.18 bits per heavy atom. The zero-order chi connectivity index (χ0) is 15.4. The molecule has 1 amide bonds. The molecule has 3 aromatic rings. The van der Waals surface area contributed by atoms with Gasteiger partial charge >= 0.3 is 0 Å². The van der Waals surface area contributed by atoms with Crippen molar-refractivity contribution < 1.29 is 4.79 Å². The zero-order valence-electron chi connectivity index (χ0n) is 12.2. The van der Waals surface area contributed by atoms with E-state index in [9.17, 15) is 4.79 Å². The first kappa shape index (κ1) is 14.0. The predicted molar refractivity (Wildman–Crippen MR) is 84.7 cm³/mol. The highest BCUT2D eigenvalue weighted by Crippen LogP contribution is 2.12. The number of aryl methyl sites for hydroxylation is 1. The molecule has 3 rings (SSSR count). The van der Waals surface area contributed by atoms with Crippen LogP contribution < -0.4 is 5.32 Å². The van der Waals surface area contributed by atoms with Crippen molar-refractivity contribution in [2.45, 2.75) is 13.5 Å². The summed E-state index contributed by atoms with van der Waals surface area (Å²) in [7, 11) is 0. The molecule has 2 aromatic heterocycles. The highest BCUT2D eigenvalue weighted by Gasteiger charge is 2.09. The zero-order valence-corrected chi connectivity index (χ0v) is 12.2. The molecule has 0 fully saturated rings. The molecule has 0 unspecified atom stereocenters. The van der Waals surface area contributed by atoms with E-state index in [1.54, 1.807) is 35.3 Å². The van der Waals surface area contributed by atoms with E-state index in [1.165, 1.54) is 11.8 Å². The van der Waals surface area contributed by atoms with Gasteiger partial charge in [-0.3, -0.25) is 9.78 Å². The molecule has 5 nitrogen and oxygen atoms in total. The van der Waals surface area contributed by atoms with Gasteiger partial charge < -0.3 is 5.32 Å². The van der Waals surface area contributed by atoms with E-state index < -0.39 is 0 Å². The molecule has 22 heavy (non-hydrogen) atoms. The van der Waals surface area contributed by atoms with Crippen LogP contribution in [0.4, 0.5) is 5.82 Å². The van der Waals surface area contributed by atoms with Crippen molar-refractivity contribution in [3.63, 3.8) is 0 Å². The Hall–Kier alpha value is -2.95. The maximum Gasteiger partial charge on any atom is 0.258 e. The molecule has 0 bridgehead atoms. The molecule has 1 N–H and O–H groups in total. The van der Waals surface area contributed by atoms with E-state index in [0.29, 0.717) is 17.9 Å². The number of anilines is 1. The maximum absolute atomic E-state index is 12.2. The largest absolute Gasteiger partial charge is 0.307 e. The van der Waals surface area contributed by atoms with Crippen molar-refractivity contribution in [1.29, 1.82) is 0 Å². The summed E-state index contributed by atoms with van der Waals surface area (Å²) >= 11 is 0. The number of carbonyl (C=O) groups is 1. The van der Waals surface area contributed by atoms with E-state index in [1.807, 2.05) is 12.1 Å². The molecule has 1 aromatic carbocycles. The lowest BCUT2D eigenvalue weighted by atomic mass is 10.1. The Balaban J connectivity index is 1.76. The minimum absolute atomic E-state index is 0.195. The van der Waals surface area contributed by atoms with Gasteiger partial charge in [-0.1, -0.05) is 29.8 Å². The summed E-state index contributed by atoms with van der Waals surface area (Å²) in [6.07, 6.45) is 4.85. The van der Waals surface area contributed by atoms with E-state index in [2.05, 4.69) is 34.5 Å². The van der Waals surface area contributed by atoms with Crippen LogP contribution in [0.5, 0.6) is 0 Å². The summed E-state index contributed by atoms with van der Waals surface area (Å²) in [5.41, 5.74) is 2.86. The lowest BCUT2D eigenvalue weighted by Crippen LogP contribution is -2.16. The summed E-state index contributed by atoms with van der Waals surface area (Å²) in [6.45, 7) is 2.66. The topological polar surface area (TPSA) is 59.8 Å². The highest BCUT2D eigenvalue weighted by molar-refractivity contribution is 6.03. The minimum atomic E-state index is -0.195. The molecular formula is C17H16N4O. The fourth-order valence-electron chi connectivity index (χ4n) is 2.23. The van der Waals surface area contributed by atoms with Crippen LogP contribution in [0, 0.1) is 6.92 Å². The van der Waals surface area contributed by atoms with E-state index in [4.69, 9.17) is 0 Å². The molecule has 0 saturated carbocycles. The third-order valence-corrected chi connectivity index (χ3v) is 3.30. The smallest absolute Gasteiger partial charge is 0.258 e. The molecule has 0 aliphatic rings. The Morgan fingerprint density at radius 2 is 2.09 bits per heavy atom. The number of nitrogens with zero attached hydrogens (tertiary/aromatic N) is 3. The number of benzene rings is 1. The van der Waals surface area contributed by atoms with Crippen LogP contribution in [-0.4, -0.2) is 20.7 Å². The van der Waals surface area contributed by atoms with Gasteiger partial charge in [0.15, 0.2) is 0 Å². The standard InChI is InChI=1S/C17H16N4O/c1-13-4-2-5-14(10-13)12-21-16(7-9-19-21)20-17(22)15-6-3-8-18-11-15/h2-11H,12H2,1H3,(H,20,22). The third kappa shape index (κ3) is 3.20. The lowest BCUT2D eigenvalue weighted by molar-refractivity contribution is 0.102. The number of pyridine rings is 1. The van der Waals surface area contributed by atoms with Gasteiger partial charge in [0, 0.05) is 18.5 Å². The van der Waals surface area contributed by atoms with Gasteiger partial charge in [0.25, 0.3) is 5.91 Å². The van der Waals surface area contributed by atoms with Crippen molar-refractivity contribution in [3.05, 3.63) is 77.7 Å². The molecule has 110 valence electrons. The Morgan fingerprint density at radius 3 is 2.86 bits per heavy atom. The van der Waals surface area contributed by atoms with Crippen LogP contribution in [0.2, 0.25) is 0 Å². The number of hydrogen-bond donors (Lipinski definition) is 1. The number of rotatable bonds is 4. The Labute approximate surface area is 128 Å². The van der Waals surface area contributed by atoms with Gasteiger partial charge in [0.2, 0.25) is 0 Å². The van der Waals surface area contributed by atoms with Gasteiger partial charge in [-0.05, 0) is 24.6 Å². The molecule has 0 aliphatic carbocycles. The minimum Gasteiger partial charge on any atom is -0.307 e. The molecule has 0 spiro atoms. The quantitative estimate of drug-likeness (QED) is 0.804. The summed E-state index contributed by atoms with van der Waals surface area (Å²) < 4.78 is 1.77. The van der Waals surface area contributed by atoms with Crippen molar-refractivity contribution in [3.8, 4) is 0 Å². The first-order valence-electron chi connectivity index (χ1n) is 7.01. The molecule has 0 radical (unpaired) electrons. The average molecular weight is 292 g/mol. The maximum atomic E-state index is 12.2. The second kappa shape index (κ2) is 6.22. The molecule has 5 heteroatoms. The molecule has 0 atom stereocenters. The number of carbonyl (C=O) groups excluding carboxylic acids is 1. The van der Waals surface area contributed by atoms with Crippen molar-refractivity contribution in [2.75, 3.05) is 5.32 Å². The highest BCUT2D eigenvalue weighted by atomic mass is 16.1. The number of amides is 1. The molecule has 2 heterocycles. The van der Waals surface area contributed by atoms with Crippen molar-refractivity contribution in [2.24, 2.45) is 0 Å². The van der Waals surface area contributed by atoms with Crippen LogP contribution in [0.25, 0.3) is 0 Å². The van der Waals surface area contributed by atoms with Crippen LogP contribution >= 0.6 is 0 Å². The van der Waals surface area contributed by atoms with E-state index in [0.717, 1.165) is 5.56 Å². The van der Waals surface area contributed by atoms with Gasteiger partial charge in [-0.25, -0.2) is 4.68 Å². The SMILES string of the molecule is Cc1cccc(Cn2nccc2NC(=O)c2cccnc2)c1. The van der Waals surface area contributed by atoms with E-state index in [-0.39, 0.29) is 5.91 Å². The van der Waals surface area contributed by atoms with Crippen LogP contribution in [0.3, 0.4) is 0 Å². The van der Waals surface area contributed by atoms with Crippen molar-refractivity contribution in [1.82, 2.24) is 14.8 Å². The second-order valence-electron chi connectivity index (χ2n) is 5.06. The summed E-state index contributed by atoms with van der Waals surface area (Å²) in [5, 5.41) is 7.14. The number of hydrogen-bond acceptors (Lipinski definition) is 3.